The smallest absolute Gasteiger partial charge is 0.241 e. The molecule has 19 heavy (non-hydrogen) atoms. The average molecular weight is 282 g/mol. The van der Waals surface area contributed by atoms with Gasteiger partial charge in [-0.05, 0) is 43.0 Å². The molecule has 3 nitrogen and oxygen atoms in total. The molecule has 0 heterocycles. The van der Waals surface area contributed by atoms with Gasteiger partial charge < -0.3 is 9.64 Å². The molecule has 0 radical (unpaired) electrons. The van der Waals surface area contributed by atoms with E-state index in [9.17, 15) is 4.79 Å². The molecule has 1 saturated carbocycles. The maximum absolute atomic E-state index is 12.0. The zero-order valence-corrected chi connectivity index (χ0v) is 12.0. The van der Waals surface area contributed by atoms with Gasteiger partial charge in [-0.3, -0.25) is 4.79 Å². The third-order valence-corrected chi connectivity index (χ3v) is 3.94. The van der Waals surface area contributed by atoms with Gasteiger partial charge in [0.15, 0.2) is 0 Å². The Kier molecular flexibility index (Phi) is 5.08. The third-order valence-electron chi connectivity index (χ3n) is 3.71. The fourth-order valence-electron chi connectivity index (χ4n) is 2.64. The van der Waals surface area contributed by atoms with E-state index >= 15 is 0 Å². The molecule has 1 fully saturated rings. The Bertz CT molecular complexity index is 413. The maximum Gasteiger partial charge on any atom is 0.241 e. The van der Waals surface area contributed by atoms with E-state index < -0.39 is 0 Å². The minimum Gasteiger partial charge on any atom is -0.497 e. The number of rotatable bonds is 5. The minimum atomic E-state index is -0.0290. The Morgan fingerprint density at radius 1 is 1.32 bits per heavy atom. The van der Waals surface area contributed by atoms with Crippen LogP contribution in [-0.4, -0.2) is 25.4 Å². The normalized spacial score (nSPS) is 15.5. The second-order valence-corrected chi connectivity index (χ2v) is 5.25. The van der Waals surface area contributed by atoms with Gasteiger partial charge in [-0.1, -0.05) is 12.8 Å². The lowest BCUT2D eigenvalue weighted by Gasteiger charge is -2.25. The number of hydrogen-bond donors (Lipinski definition) is 0. The van der Waals surface area contributed by atoms with Crippen LogP contribution in [0, 0.1) is 5.92 Å². The fraction of sp³-hybridized carbons (Fsp3) is 0.533. The lowest BCUT2D eigenvalue weighted by atomic mass is 10.1. The molecule has 1 aromatic rings. The van der Waals surface area contributed by atoms with Crippen LogP contribution in [0.2, 0.25) is 0 Å². The van der Waals surface area contributed by atoms with Crippen LogP contribution < -0.4 is 9.64 Å². The van der Waals surface area contributed by atoms with E-state index in [0.29, 0.717) is 5.92 Å². The average Bonchev–Trinajstić information content (AvgIpc) is 2.97. The van der Waals surface area contributed by atoms with Crippen molar-refractivity contribution in [3.63, 3.8) is 0 Å². The predicted octanol–water partition coefficient (Wildman–Crippen LogP) is 3.46. The molecule has 0 unspecified atom stereocenters. The van der Waals surface area contributed by atoms with Crippen molar-refractivity contribution in [2.45, 2.75) is 25.7 Å². The highest BCUT2D eigenvalue weighted by molar-refractivity contribution is 6.29. The van der Waals surface area contributed by atoms with Crippen LogP contribution >= 0.6 is 11.6 Å². The Morgan fingerprint density at radius 3 is 2.47 bits per heavy atom. The van der Waals surface area contributed by atoms with Gasteiger partial charge >= 0.3 is 0 Å². The maximum atomic E-state index is 12.0. The molecule has 0 aromatic heterocycles. The molecule has 0 bridgehead atoms. The molecule has 0 aliphatic heterocycles. The van der Waals surface area contributed by atoms with Crippen molar-refractivity contribution in [1.82, 2.24) is 0 Å². The van der Waals surface area contributed by atoms with E-state index in [1.165, 1.54) is 25.7 Å². The summed E-state index contributed by atoms with van der Waals surface area (Å²) in [7, 11) is 1.63. The molecular formula is C15H20ClNO2. The Labute approximate surface area is 119 Å². The first kappa shape index (κ1) is 14.2. The molecule has 1 aliphatic carbocycles. The van der Waals surface area contributed by atoms with E-state index in [1.54, 1.807) is 7.11 Å². The quantitative estimate of drug-likeness (QED) is 0.774. The van der Waals surface area contributed by atoms with E-state index in [-0.39, 0.29) is 11.8 Å². The van der Waals surface area contributed by atoms with Gasteiger partial charge in [0.2, 0.25) is 5.91 Å². The van der Waals surface area contributed by atoms with Crippen molar-refractivity contribution in [1.29, 1.82) is 0 Å². The molecule has 1 aromatic carbocycles. The number of amides is 1. The number of benzene rings is 1. The van der Waals surface area contributed by atoms with Gasteiger partial charge in [-0.25, -0.2) is 0 Å². The van der Waals surface area contributed by atoms with Crippen molar-refractivity contribution in [2.75, 3.05) is 24.4 Å². The molecule has 4 heteroatoms. The second kappa shape index (κ2) is 6.80. The van der Waals surface area contributed by atoms with E-state index in [2.05, 4.69) is 0 Å². The van der Waals surface area contributed by atoms with Crippen molar-refractivity contribution in [3.8, 4) is 5.75 Å². The van der Waals surface area contributed by atoms with E-state index in [4.69, 9.17) is 16.3 Å². The third kappa shape index (κ3) is 3.63. The van der Waals surface area contributed by atoms with Crippen molar-refractivity contribution in [2.24, 2.45) is 5.92 Å². The zero-order valence-electron chi connectivity index (χ0n) is 11.3. The summed E-state index contributed by atoms with van der Waals surface area (Å²) < 4.78 is 5.14. The van der Waals surface area contributed by atoms with Gasteiger partial charge in [0.25, 0.3) is 0 Å². The molecule has 1 amide bonds. The number of methoxy groups -OCH3 is 1. The molecule has 0 N–H and O–H groups in total. The molecule has 0 spiro atoms. The van der Waals surface area contributed by atoms with E-state index in [0.717, 1.165) is 18.0 Å². The molecule has 2 rings (SSSR count). The molecule has 0 atom stereocenters. The standard InChI is InChI=1S/C15H20ClNO2/c1-19-14-8-6-13(7-9-14)17(15(18)10-16)11-12-4-2-3-5-12/h6-9,12H,2-5,10-11H2,1H3. The lowest BCUT2D eigenvalue weighted by Crippen LogP contribution is -2.35. The largest absolute Gasteiger partial charge is 0.497 e. The van der Waals surface area contributed by atoms with Crippen molar-refractivity contribution >= 4 is 23.2 Å². The summed E-state index contributed by atoms with van der Waals surface area (Å²) in [5.41, 5.74) is 0.901. The summed E-state index contributed by atoms with van der Waals surface area (Å²) in [5.74, 6) is 1.40. The lowest BCUT2D eigenvalue weighted by molar-refractivity contribution is -0.116. The summed E-state index contributed by atoms with van der Waals surface area (Å²) in [5, 5.41) is 0. The van der Waals surface area contributed by atoms with Crippen molar-refractivity contribution in [3.05, 3.63) is 24.3 Å². The van der Waals surface area contributed by atoms with Gasteiger partial charge in [0, 0.05) is 12.2 Å². The summed E-state index contributed by atoms with van der Waals surface area (Å²) in [4.78, 5) is 13.8. The summed E-state index contributed by atoms with van der Waals surface area (Å²) >= 11 is 5.72. The first-order valence-electron chi connectivity index (χ1n) is 6.75. The summed E-state index contributed by atoms with van der Waals surface area (Å²) in [6, 6.07) is 7.58. The first-order valence-corrected chi connectivity index (χ1v) is 7.28. The van der Waals surface area contributed by atoms with E-state index in [1.807, 2.05) is 29.2 Å². The summed E-state index contributed by atoms with van der Waals surface area (Å²) in [6.45, 7) is 0.776. The molecule has 1 aliphatic rings. The predicted molar refractivity (Wildman–Crippen MR) is 78.0 cm³/mol. The number of halogens is 1. The number of alkyl halides is 1. The van der Waals surface area contributed by atoms with Crippen LogP contribution in [0.15, 0.2) is 24.3 Å². The number of ether oxygens (including phenoxy) is 1. The SMILES string of the molecule is COc1ccc(N(CC2CCCC2)C(=O)CCl)cc1. The van der Waals surface area contributed by atoms with Crippen LogP contribution in [0.1, 0.15) is 25.7 Å². The van der Waals surface area contributed by atoms with Crippen LogP contribution in [0.4, 0.5) is 5.69 Å². The highest BCUT2D eigenvalue weighted by Gasteiger charge is 2.22. The van der Waals surface area contributed by atoms with Crippen LogP contribution in [0.25, 0.3) is 0 Å². The van der Waals surface area contributed by atoms with Crippen molar-refractivity contribution < 1.29 is 9.53 Å². The molecule has 0 saturated heterocycles. The highest BCUT2D eigenvalue weighted by atomic mass is 35.5. The minimum absolute atomic E-state index is 0.0265. The molecular weight excluding hydrogens is 262 g/mol. The fourth-order valence-corrected chi connectivity index (χ4v) is 2.78. The van der Waals surface area contributed by atoms with Crippen LogP contribution in [-0.2, 0) is 4.79 Å². The zero-order chi connectivity index (χ0) is 13.7. The van der Waals surface area contributed by atoms with Gasteiger partial charge in [-0.15, -0.1) is 11.6 Å². The number of anilines is 1. The van der Waals surface area contributed by atoms with Crippen LogP contribution in [0.5, 0.6) is 5.75 Å². The Hall–Kier alpha value is -1.22. The second-order valence-electron chi connectivity index (χ2n) is 4.99. The number of nitrogens with zero attached hydrogens (tertiary/aromatic N) is 1. The number of carbonyl (C=O) groups is 1. The summed E-state index contributed by atoms with van der Waals surface area (Å²) in [6.07, 6.45) is 4.97. The first-order chi connectivity index (χ1) is 9.24. The highest BCUT2D eigenvalue weighted by Crippen LogP contribution is 2.28. The monoisotopic (exact) mass is 281 g/mol. The Balaban J connectivity index is 2.12. The number of hydrogen-bond acceptors (Lipinski definition) is 2. The Morgan fingerprint density at radius 2 is 1.95 bits per heavy atom. The number of carbonyl (C=O) groups excluding carboxylic acids is 1. The van der Waals surface area contributed by atoms with Crippen LogP contribution in [0.3, 0.4) is 0 Å². The van der Waals surface area contributed by atoms with Gasteiger partial charge in [0.1, 0.15) is 11.6 Å². The topological polar surface area (TPSA) is 29.5 Å². The molecule has 104 valence electrons. The van der Waals surface area contributed by atoms with Gasteiger partial charge in [0.05, 0.1) is 7.11 Å². The van der Waals surface area contributed by atoms with Gasteiger partial charge in [-0.2, -0.15) is 0 Å².